The lowest BCUT2D eigenvalue weighted by atomic mass is 10.5. The number of carbonyl (C=O) groups excluding carboxylic acids is 2. The van der Waals surface area contributed by atoms with E-state index in [-0.39, 0.29) is 12.4 Å². The third kappa shape index (κ3) is 34.2. The van der Waals surface area contributed by atoms with Crippen LogP contribution in [0.2, 0.25) is 0 Å². The Hall–Kier alpha value is -0.700. The first kappa shape index (κ1) is 9.57. The Balaban J connectivity index is 0. The molecule has 3 heteroatoms. The van der Waals surface area contributed by atoms with Gasteiger partial charge in [0.15, 0.2) is 5.78 Å². The number of carbonyl (C=O) groups is 2. The molecular weight excluding hydrogens is 96.0 g/mol. The first-order valence-corrected chi connectivity index (χ1v) is 1.66. The normalized spacial score (nSPS) is 6.00. The summed E-state index contributed by atoms with van der Waals surface area (Å²) in [6, 6.07) is 0. The quantitative estimate of drug-likeness (QED) is 0.482. The van der Waals surface area contributed by atoms with Crippen LogP contribution in [-0.4, -0.2) is 24.3 Å². The van der Waals surface area contributed by atoms with Crippen LogP contribution in [0.3, 0.4) is 0 Å². The van der Waals surface area contributed by atoms with Gasteiger partial charge in [0, 0.05) is 0 Å². The molecule has 0 aromatic heterocycles. The fourth-order valence-electron chi connectivity index (χ4n) is 0. The van der Waals surface area contributed by atoms with E-state index >= 15 is 0 Å². The minimum Gasteiger partial charge on any atom is -0.389 e. The van der Waals surface area contributed by atoms with E-state index in [2.05, 4.69) is 0 Å². The van der Waals surface area contributed by atoms with E-state index in [0.717, 1.165) is 0 Å². The predicted molar refractivity (Wildman–Crippen MR) is 24.9 cm³/mol. The molecule has 0 aromatic rings. The third-order valence-corrected chi connectivity index (χ3v) is 0.223. The van der Waals surface area contributed by atoms with Gasteiger partial charge in [-0.05, 0) is 6.92 Å². The molecule has 42 valence electrons. The Labute approximate surface area is 42.0 Å². The standard InChI is InChI=1S/C3H6O2.CH2O/c1-3(5)2-4;1-2/h4H,2H2,1H3;1H2. The number of rotatable bonds is 1. The van der Waals surface area contributed by atoms with Gasteiger partial charge in [-0.25, -0.2) is 0 Å². The van der Waals surface area contributed by atoms with E-state index in [1.54, 1.807) is 0 Å². The zero-order chi connectivity index (χ0) is 6.28. The summed E-state index contributed by atoms with van der Waals surface area (Å²) in [6.07, 6.45) is 0. The van der Waals surface area contributed by atoms with Crippen LogP contribution in [0.1, 0.15) is 6.92 Å². The summed E-state index contributed by atoms with van der Waals surface area (Å²) in [5.41, 5.74) is 0. The van der Waals surface area contributed by atoms with Crippen LogP contribution in [-0.2, 0) is 9.59 Å². The van der Waals surface area contributed by atoms with Crippen molar-refractivity contribution in [2.45, 2.75) is 6.92 Å². The highest BCUT2D eigenvalue weighted by atomic mass is 16.3. The second-order valence-electron chi connectivity index (χ2n) is 0.860. The van der Waals surface area contributed by atoms with Crippen molar-refractivity contribution in [3.05, 3.63) is 0 Å². The number of ketones is 1. The first-order valence-electron chi connectivity index (χ1n) is 1.66. The minimum absolute atomic E-state index is 0.190. The summed E-state index contributed by atoms with van der Waals surface area (Å²) in [5.74, 6) is -0.190. The highest BCUT2D eigenvalue weighted by Gasteiger charge is 1.78. The van der Waals surface area contributed by atoms with Crippen LogP contribution < -0.4 is 0 Å². The lowest BCUT2D eigenvalue weighted by Gasteiger charge is -1.72. The largest absolute Gasteiger partial charge is 0.389 e. The molecule has 0 radical (unpaired) electrons. The van der Waals surface area contributed by atoms with E-state index in [1.807, 2.05) is 6.79 Å². The average Bonchev–Trinajstić information content (AvgIpc) is 1.73. The molecule has 3 nitrogen and oxygen atoms in total. The van der Waals surface area contributed by atoms with Gasteiger partial charge in [-0.3, -0.25) is 4.79 Å². The summed E-state index contributed by atoms with van der Waals surface area (Å²) in [4.78, 5) is 17.6. The van der Waals surface area contributed by atoms with Crippen molar-refractivity contribution in [3.63, 3.8) is 0 Å². The molecule has 0 saturated heterocycles. The number of aliphatic hydroxyl groups excluding tert-OH is 1. The predicted octanol–water partition coefficient (Wildman–Crippen LogP) is -0.617. The molecule has 0 amide bonds. The van der Waals surface area contributed by atoms with Crippen molar-refractivity contribution >= 4 is 12.6 Å². The highest BCUT2D eigenvalue weighted by Crippen LogP contribution is 1.55. The second-order valence-corrected chi connectivity index (χ2v) is 0.860. The average molecular weight is 104 g/mol. The van der Waals surface area contributed by atoms with Crippen molar-refractivity contribution in [1.82, 2.24) is 0 Å². The van der Waals surface area contributed by atoms with Crippen molar-refractivity contribution < 1.29 is 14.7 Å². The van der Waals surface area contributed by atoms with Crippen LogP contribution in [0.4, 0.5) is 0 Å². The van der Waals surface area contributed by atoms with Gasteiger partial charge in [0.1, 0.15) is 13.4 Å². The third-order valence-electron chi connectivity index (χ3n) is 0.223. The summed E-state index contributed by atoms with van der Waals surface area (Å²) in [7, 11) is 0. The minimum atomic E-state index is -0.333. The number of Topliss-reactive ketones (excluding diaryl/α,β-unsaturated/α-hetero) is 1. The molecule has 0 rings (SSSR count). The Kier molecular flexibility index (Phi) is 12.3. The maximum atomic E-state index is 9.56. The van der Waals surface area contributed by atoms with Crippen LogP contribution >= 0.6 is 0 Å². The summed E-state index contributed by atoms with van der Waals surface area (Å²) in [5, 5.41) is 7.79. The number of aliphatic hydroxyl groups is 1. The fourth-order valence-corrected chi connectivity index (χ4v) is 0. The fraction of sp³-hybridized carbons (Fsp3) is 0.500. The molecule has 0 aromatic carbocycles. The van der Waals surface area contributed by atoms with E-state index in [1.165, 1.54) is 6.92 Å². The highest BCUT2D eigenvalue weighted by molar-refractivity contribution is 5.76. The lowest BCUT2D eigenvalue weighted by Crippen LogP contribution is -1.93. The van der Waals surface area contributed by atoms with Crippen LogP contribution in [0.15, 0.2) is 0 Å². The summed E-state index contributed by atoms with van der Waals surface area (Å²) < 4.78 is 0. The molecule has 0 unspecified atom stereocenters. The van der Waals surface area contributed by atoms with Crippen molar-refractivity contribution in [3.8, 4) is 0 Å². The van der Waals surface area contributed by atoms with Crippen molar-refractivity contribution in [1.29, 1.82) is 0 Å². The molecule has 0 aliphatic carbocycles. The van der Waals surface area contributed by atoms with E-state index in [0.29, 0.717) is 0 Å². The van der Waals surface area contributed by atoms with Crippen LogP contribution in [0.5, 0.6) is 0 Å². The van der Waals surface area contributed by atoms with E-state index in [4.69, 9.17) is 9.90 Å². The van der Waals surface area contributed by atoms with Gasteiger partial charge in [0.05, 0.1) is 0 Å². The molecule has 0 aliphatic rings. The van der Waals surface area contributed by atoms with Gasteiger partial charge in [0.25, 0.3) is 0 Å². The van der Waals surface area contributed by atoms with Gasteiger partial charge in [-0.1, -0.05) is 0 Å². The Morgan fingerprint density at radius 3 is 1.86 bits per heavy atom. The molecule has 0 saturated carbocycles. The maximum absolute atomic E-state index is 9.56. The molecule has 0 bridgehead atoms. The maximum Gasteiger partial charge on any atom is 0.155 e. The van der Waals surface area contributed by atoms with Crippen LogP contribution in [0.25, 0.3) is 0 Å². The zero-order valence-electron chi connectivity index (χ0n) is 4.18. The molecular formula is C4H8O3. The Bertz CT molecular complexity index is 50.9. The molecule has 0 spiro atoms. The van der Waals surface area contributed by atoms with Gasteiger partial charge >= 0.3 is 0 Å². The SMILES string of the molecule is C=O.CC(=O)CO. The summed E-state index contributed by atoms with van der Waals surface area (Å²) in [6.45, 7) is 3.00. The monoisotopic (exact) mass is 104 g/mol. The number of hydrogen-bond acceptors (Lipinski definition) is 3. The number of hydrogen-bond donors (Lipinski definition) is 1. The topological polar surface area (TPSA) is 54.4 Å². The summed E-state index contributed by atoms with van der Waals surface area (Å²) >= 11 is 0. The van der Waals surface area contributed by atoms with Crippen LogP contribution in [0, 0.1) is 0 Å². The second kappa shape index (κ2) is 9.00. The lowest BCUT2D eigenvalue weighted by molar-refractivity contribution is -0.119. The molecule has 0 atom stereocenters. The van der Waals surface area contributed by atoms with Gasteiger partial charge in [0.2, 0.25) is 0 Å². The van der Waals surface area contributed by atoms with Gasteiger partial charge in [-0.2, -0.15) is 0 Å². The Morgan fingerprint density at radius 1 is 1.71 bits per heavy atom. The van der Waals surface area contributed by atoms with Gasteiger partial charge in [-0.15, -0.1) is 0 Å². The molecule has 0 fully saturated rings. The smallest absolute Gasteiger partial charge is 0.155 e. The molecule has 1 N–H and O–H groups in total. The Morgan fingerprint density at radius 2 is 1.86 bits per heavy atom. The van der Waals surface area contributed by atoms with E-state index < -0.39 is 0 Å². The van der Waals surface area contributed by atoms with Crippen molar-refractivity contribution in [2.75, 3.05) is 6.61 Å². The van der Waals surface area contributed by atoms with Crippen molar-refractivity contribution in [2.24, 2.45) is 0 Å². The molecule has 0 aliphatic heterocycles. The zero-order valence-corrected chi connectivity index (χ0v) is 4.18. The molecule has 0 heterocycles. The van der Waals surface area contributed by atoms with E-state index in [9.17, 15) is 4.79 Å². The molecule has 7 heavy (non-hydrogen) atoms. The first-order chi connectivity index (χ1) is 3.27. The van der Waals surface area contributed by atoms with Gasteiger partial charge < -0.3 is 9.90 Å².